The highest BCUT2D eigenvalue weighted by molar-refractivity contribution is 7.89. The van der Waals surface area contributed by atoms with E-state index in [2.05, 4.69) is 10.6 Å². The van der Waals surface area contributed by atoms with Crippen molar-refractivity contribution in [1.82, 2.24) is 9.21 Å². The lowest BCUT2D eigenvalue weighted by atomic mass is 9.99. The normalized spacial score (nSPS) is 16.8. The number of sulfonamides is 1. The van der Waals surface area contributed by atoms with Gasteiger partial charge in [0.05, 0.1) is 53.8 Å². The Kier molecular flexibility index (Phi) is 13.2. The molecule has 3 aromatic carbocycles. The number of anilines is 3. The molecule has 1 aliphatic heterocycles. The summed E-state index contributed by atoms with van der Waals surface area (Å²) in [6.45, 7) is 3.45. The number of likely N-dealkylation sites (N-methyl/N-ethyl adjacent to an activating group) is 1. The van der Waals surface area contributed by atoms with Crippen LogP contribution in [-0.4, -0.2) is 86.5 Å². The van der Waals surface area contributed by atoms with Gasteiger partial charge in [-0.15, -0.1) is 0 Å². The number of nitrogens with two attached hydrogens (primary N) is 1. The molecule has 50 heavy (non-hydrogen) atoms. The van der Waals surface area contributed by atoms with E-state index in [0.717, 1.165) is 0 Å². The first-order valence-corrected chi connectivity index (χ1v) is 18.1. The number of nitrogens with one attached hydrogen (secondary N) is 2. The van der Waals surface area contributed by atoms with Gasteiger partial charge < -0.3 is 35.8 Å². The van der Waals surface area contributed by atoms with Crippen LogP contribution in [0.15, 0.2) is 71.6 Å². The molecule has 0 unspecified atom stereocenters. The number of carbonyl (C=O) groups is 3. The van der Waals surface area contributed by atoms with E-state index >= 15 is 0 Å². The molecule has 0 saturated heterocycles. The summed E-state index contributed by atoms with van der Waals surface area (Å²) in [4.78, 5) is 40.9. The summed E-state index contributed by atoms with van der Waals surface area (Å²) in [6, 6.07) is 17.4. The fourth-order valence-corrected chi connectivity index (χ4v) is 6.81. The molecule has 14 heteroatoms. The van der Waals surface area contributed by atoms with E-state index in [0.29, 0.717) is 36.4 Å². The number of aliphatic hydroxyl groups excluding tert-OH is 1. The lowest BCUT2D eigenvalue weighted by Crippen LogP contribution is -2.50. The number of carbonyl (C=O) groups excluding carboxylic acids is 3. The number of hydrogen-bond acceptors (Lipinski definition) is 9. The number of nitrogen functional groups attached to an aromatic ring is 1. The average Bonchev–Trinajstić information content (AvgIpc) is 3.10. The predicted octanol–water partition coefficient (Wildman–Crippen LogP) is 4.35. The molecule has 1 aliphatic rings. The number of rotatable bonds is 15. The Labute approximate surface area is 293 Å². The summed E-state index contributed by atoms with van der Waals surface area (Å²) in [5.41, 5.74) is 7.40. The molecule has 0 aromatic heterocycles. The first-order valence-electron chi connectivity index (χ1n) is 16.6. The third-order valence-electron chi connectivity index (χ3n) is 8.71. The number of nitrogens with zero attached hydrogens (tertiary/aromatic N) is 2. The van der Waals surface area contributed by atoms with E-state index in [9.17, 15) is 27.9 Å². The van der Waals surface area contributed by atoms with Crippen LogP contribution in [0.25, 0.3) is 0 Å². The Morgan fingerprint density at radius 2 is 1.62 bits per heavy atom. The molecule has 0 saturated carbocycles. The Morgan fingerprint density at radius 1 is 1.00 bits per heavy atom. The van der Waals surface area contributed by atoms with Crippen LogP contribution in [0.4, 0.5) is 17.1 Å². The summed E-state index contributed by atoms with van der Waals surface area (Å²) in [7, 11) is -0.963. The van der Waals surface area contributed by atoms with E-state index in [1.807, 2.05) is 6.92 Å². The molecule has 270 valence electrons. The van der Waals surface area contributed by atoms with Gasteiger partial charge in [-0.25, -0.2) is 8.42 Å². The molecular formula is C36H47N5O8S. The van der Waals surface area contributed by atoms with Gasteiger partial charge >= 0.3 is 0 Å². The van der Waals surface area contributed by atoms with Crippen LogP contribution in [0.1, 0.15) is 56.3 Å². The van der Waals surface area contributed by atoms with Crippen LogP contribution >= 0.6 is 0 Å². The highest BCUT2D eigenvalue weighted by atomic mass is 32.2. The maximum Gasteiger partial charge on any atom is 0.258 e. The zero-order valence-electron chi connectivity index (χ0n) is 28.9. The number of benzene rings is 3. The molecular weight excluding hydrogens is 662 g/mol. The smallest absolute Gasteiger partial charge is 0.258 e. The van der Waals surface area contributed by atoms with Gasteiger partial charge in [0.2, 0.25) is 21.8 Å². The highest BCUT2D eigenvalue weighted by Gasteiger charge is 2.36. The van der Waals surface area contributed by atoms with Gasteiger partial charge in [-0.3, -0.25) is 14.4 Å². The van der Waals surface area contributed by atoms with Crippen molar-refractivity contribution < 1.29 is 37.4 Å². The number of para-hydroxylation sites is 3. The lowest BCUT2D eigenvalue weighted by Gasteiger charge is -2.38. The summed E-state index contributed by atoms with van der Waals surface area (Å²) < 4.78 is 39.9. The Morgan fingerprint density at radius 3 is 2.24 bits per heavy atom. The minimum atomic E-state index is -3.92. The maximum atomic E-state index is 13.8. The summed E-state index contributed by atoms with van der Waals surface area (Å²) in [5, 5.41) is 15.6. The van der Waals surface area contributed by atoms with Crippen molar-refractivity contribution in [3.8, 4) is 11.5 Å². The molecule has 0 fully saturated rings. The second-order valence-electron chi connectivity index (χ2n) is 12.5. The van der Waals surface area contributed by atoms with Crippen molar-refractivity contribution in [2.75, 3.05) is 50.2 Å². The van der Waals surface area contributed by atoms with E-state index in [4.69, 9.17) is 15.2 Å². The van der Waals surface area contributed by atoms with Gasteiger partial charge in [0.15, 0.2) is 5.75 Å². The zero-order valence-corrected chi connectivity index (χ0v) is 29.7. The first-order chi connectivity index (χ1) is 23.8. The number of aliphatic hydroxyl groups is 1. The molecule has 0 radical (unpaired) electrons. The summed E-state index contributed by atoms with van der Waals surface area (Å²) >= 11 is 0. The topological polar surface area (TPSA) is 181 Å². The largest absolute Gasteiger partial charge is 0.497 e. The SMILES string of the molecule is COc1ccc(S(=O)(=O)N(C)C[C@H]2Oc3c(NC(=O)CCCCCC(=O)Nc4ccccc4N)cccc3C(=O)N([C@@H](C)CO)C[C@@H]2C)cc1. The highest BCUT2D eigenvalue weighted by Crippen LogP contribution is 2.35. The van der Waals surface area contributed by atoms with Crippen molar-refractivity contribution in [2.24, 2.45) is 5.92 Å². The molecule has 13 nitrogen and oxygen atoms in total. The first kappa shape index (κ1) is 38.1. The number of methoxy groups -OCH3 is 1. The second kappa shape index (κ2) is 17.3. The molecule has 1 heterocycles. The quantitative estimate of drug-likeness (QED) is 0.132. The van der Waals surface area contributed by atoms with Crippen LogP contribution in [0.3, 0.4) is 0 Å². The number of hydrogen-bond donors (Lipinski definition) is 4. The Balaban J connectivity index is 1.47. The lowest BCUT2D eigenvalue weighted by molar-refractivity contribution is -0.116. The van der Waals surface area contributed by atoms with Gasteiger partial charge in [0, 0.05) is 32.4 Å². The van der Waals surface area contributed by atoms with Crippen LogP contribution in [0.5, 0.6) is 11.5 Å². The van der Waals surface area contributed by atoms with Crippen molar-refractivity contribution in [1.29, 1.82) is 0 Å². The minimum Gasteiger partial charge on any atom is -0.497 e. The molecule has 3 amide bonds. The molecule has 0 aliphatic carbocycles. The Bertz CT molecular complexity index is 1750. The van der Waals surface area contributed by atoms with Crippen molar-refractivity contribution in [3.63, 3.8) is 0 Å². The monoisotopic (exact) mass is 709 g/mol. The number of fused-ring (bicyclic) bond motifs is 1. The van der Waals surface area contributed by atoms with Crippen molar-refractivity contribution in [2.45, 2.75) is 63.0 Å². The Hall–Kier alpha value is -4.66. The molecule has 0 bridgehead atoms. The van der Waals surface area contributed by atoms with Gasteiger partial charge in [-0.2, -0.15) is 4.31 Å². The third kappa shape index (κ3) is 9.52. The molecule has 3 aromatic rings. The molecule has 5 N–H and O–H groups in total. The third-order valence-corrected chi connectivity index (χ3v) is 10.6. The summed E-state index contributed by atoms with van der Waals surface area (Å²) in [5.74, 6) is -0.554. The van der Waals surface area contributed by atoms with Crippen molar-refractivity contribution >= 4 is 44.8 Å². The van der Waals surface area contributed by atoms with Crippen molar-refractivity contribution in [3.05, 3.63) is 72.3 Å². The second-order valence-corrected chi connectivity index (χ2v) is 14.6. The molecule has 4 rings (SSSR count). The van der Waals surface area contributed by atoms with Crippen LogP contribution < -0.4 is 25.8 Å². The number of amides is 3. The van der Waals surface area contributed by atoms with Gasteiger partial charge in [0.25, 0.3) is 5.91 Å². The van der Waals surface area contributed by atoms with E-state index in [1.165, 1.54) is 30.6 Å². The standard InChI is InChI=1S/C36H47N5O8S/c1-24-21-41(25(2)23-42)36(45)28-11-10-14-31(39-34(44)16-7-5-6-15-33(43)38-30-13-9-8-12-29(30)37)35(28)49-32(24)22-40(3)50(46,47)27-19-17-26(48-4)18-20-27/h8-14,17-20,24-25,32,42H,5-7,15-16,21-23,37H2,1-4H3,(H,38,43)(H,39,44)/t24-,25-,32+/m0/s1. The van der Waals surface area contributed by atoms with Crippen LogP contribution in [-0.2, 0) is 19.6 Å². The number of ether oxygens (including phenoxy) is 2. The fourth-order valence-electron chi connectivity index (χ4n) is 5.62. The molecule has 3 atom stereocenters. The van der Waals surface area contributed by atoms with E-state index in [-0.39, 0.29) is 78.1 Å². The predicted molar refractivity (Wildman–Crippen MR) is 192 cm³/mol. The van der Waals surface area contributed by atoms with Gasteiger partial charge in [-0.05, 0) is 68.3 Å². The van der Waals surface area contributed by atoms with E-state index < -0.39 is 22.2 Å². The minimum absolute atomic E-state index is 0.0583. The average molecular weight is 710 g/mol. The van der Waals surface area contributed by atoms with E-state index in [1.54, 1.807) is 66.4 Å². The van der Waals surface area contributed by atoms with Gasteiger partial charge in [-0.1, -0.05) is 31.5 Å². The fraction of sp³-hybridized carbons (Fsp3) is 0.417. The van der Waals surface area contributed by atoms with Crippen LogP contribution in [0.2, 0.25) is 0 Å². The maximum absolute atomic E-state index is 13.8. The summed E-state index contributed by atoms with van der Waals surface area (Å²) in [6.07, 6.45) is 1.45. The van der Waals surface area contributed by atoms with Gasteiger partial charge in [0.1, 0.15) is 11.9 Å². The van der Waals surface area contributed by atoms with Crippen LogP contribution in [0, 0.1) is 5.92 Å². The number of unbranched alkanes of at least 4 members (excludes halogenated alkanes) is 2. The molecule has 0 spiro atoms. The zero-order chi connectivity index (χ0) is 36.4.